The lowest BCUT2D eigenvalue weighted by Gasteiger charge is -2.27. The molecular weight excluding hydrogens is 356 g/mol. The van der Waals surface area contributed by atoms with Crippen LogP contribution in [0.5, 0.6) is 0 Å². The van der Waals surface area contributed by atoms with E-state index in [1.54, 1.807) is 19.1 Å². The molecule has 0 fully saturated rings. The van der Waals surface area contributed by atoms with Crippen molar-refractivity contribution < 1.29 is 4.79 Å². The zero-order chi connectivity index (χ0) is 18.6. The molecule has 2 aromatic rings. The third-order valence-electron chi connectivity index (χ3n) is 3.98. The Labute approximate surface area is 154 Å². The SMILES string of the molecule is C=CCn1c(SCC(=O)NC(C)(C#N)C(C)C)nc2sccc2c1=O. The van der Waals surface area contributed by atoms with E-state index < -0.39 is 5.54 Å². The maximum atomic E-state index is 12.5. The number of thioether (sulfide) groups is 1. The quantitative estimate of drug-likeness (QED) is 0.456. The summed E-state index contributed by atoms with van der Waals surface area (Å²) < 4.78 is 1.51. The third-order valence-corrected chi connectivity index (χ3v) is 5.76. The summed E-state index contributed by atoms with van der Waals surface area (Å²) in [5, 5.41) is 14.9. The molecule has 0 saturated carbocycles. The molecule has 1 atom stereocenters. The largest absolute Gasteiger partial charge is 0.337 e. The van der Waals surface area contributed by atoms with Crippen LogP contribution in [0.1, 0.15) is 20.8 Å². The molecule has 0 aliphatic heterocycles. The first-order valence-electron chi connectivity index (χ1n) is 7.76. The molecule has 1 unspecified atom stereocenters. The highest BCUT2D eigenvalue weighted by Gasteiger charge is 2.30. The molecular formula is C17H20N4O2S2. The van der Waals surface area contributed by atoms with E-state index in [-0.39, 0.29) is 23.1 Å². The molecule has 25 heavy (non-hydrogen) atoms. The van der Waals surface area contributed by atoms with E-state index in [4.69, 9.17) is 0 Å². The van der Waals surface area contributed by atoms with Gasteiger partial charge in [0.05, 0.1) is 17.2 Å². The second kappa shape index (κ2) is 7.85. The fourth-order valence-electron chi connectivity index (χ4n) is 2.09. The van der Waals surface area contributed by atoms with E-state index in [1.807, 2.05) is 19.2 Å². The fourth-order valence-corrected chi connectivity index (χ4v) is 3.70. The first-order chi connectivity index (χ1) is 11.8. The van der Waals surface area contributed by atoms with Gasteiger partial charge in [-0.05, 0) is 24.3 Å². The zero-order valence-corrected chi connectivity index (χ0v) is 16.0. The second-order valence-electron chi connectivity index (χ2n) is 6.04. The Morgan fingerprint density at radius 3 is 2.96 bits per heavy atom. The van der Waals surface area contributed by atoms with Crippen LogP contribution in [0.3, 0.4) is 0 Å². The van der Waals surface area contributed by atoms with Crippen molar-refractivity contribution in [2.45, 2.75) is 38.0 Å². The first-order valence-corrected chi connectivity index (χ1v) is 9.63. The summed E-state index contributed by atoms with van der Waals surface area (Å²) in [6.45, 7) is 9.45. The highest BCUT2D eigenvalue weighted by atomic mass is 32.2. The Morgan fingerprint density at radius 1 is 1.64 bits per heavy atom. The number of nitrogens with zero attached hydrogens (tertiary/aromatic N) is 3. The van der Waals surface area contributed by atoms with Gasteiger partial charge in [0.15, 0.2) is 5.16 Å². The first kappa shape index (κ1) is 19.2. The van der Waals surface area contributed by atoms with E-state index in [9.17, 15) is 14.9 Å². The van der Waals surface area contributed by atoms with Crippen LogP contribution in [0.15, 0.2) is 34.1 Å². The number of aromatic nitrogens is 2. The van der Waals surface area contributed by atoms with Gasteiger partial charge in [-0.2, -0.15) is 5.26 Å². The van der Waals surface area contributed by atoms with E-state index in [0.717, 1.165) is 0 Å². The zero-order valence-electron chi connectivity index (χ0n) is 14.4. The fraction of sp³-hybridized carbons (Fsp3) is 0.412. The van der Waals surface area contributed by atoms with Crippen LogP contribution in [0.4, 0.5) is 0 Å². The topological polar surface area (TPSA) is 87.8 Å². The maximum Gasteiger partial charge on any atom is 0.263 e. The second-order valence-corrected chi connectivity index (χ2v) is 7.88. The van der Waals surface area contributed by atoms with Gasteiger partial charge < -0.3 is 5.32 Å². The highest BCUT2D eigenvalue weighted by molar-refractivity contribution is 7.99. The Hall–Kier alpha value is -2.11. The lowest BCUT2D eigenvalue weighted by molar-refractivity contribution is -0.120. The number of allylic oxidation sites excluding steroid dienone is 1. The van der Waals surface area contributed by atoms with Crippen molar-refractivity contribution in [3.05, 3.63) is 34.5 Å². The van der Waals surface area contributed by atoms with Crippen molar-refractivity contribution in [1.29, 1.82) is 5.26 Å². The highest BCUT2D eigenvalue weighted by Crippen LogP contribution is 2.22. The Bertz CT molecular complexity index is 894. The third kappa shape index (κ3) is 4.11. The molecule has 1 amide bonds. The van der Waals surface area contributed by atoms with Gasteiger partial charge in [0.25, 0.3) is 5.56 Å². The van der Waals surface area contributed by atoms with Crippen molar-refractivity contribution in [1.82, 2.24) is 14.9 Å². The lowest BCUT2D eigenvalue weighted by Crippen LogP contribution is -2.49. The number of amides is 1. The molecule has 6 nitrogen and oxygen atoms in total. The number of carbonyl (C=O) groups excluding carboxylic acids is 1. The molecule has 0 bridgehead atoms. The van der Waals surface area contributed by atoms with Crippen LogP contribution in [-0.4, -0.2) is 26.8 Å². The number of nitriles is 1. The molecule has 0 aliphatic rings. The van der Waals surface area contributed by atoms with Crippen LogP contribution in [-0.2, 0) is 11.3 Å². The average molecular weight is 377 g/mol. The summed E-state index contributed by atoms with van der Waals surface area (Å²) in [6.07, 6.45) is 1.62. The summed E-state index contributed by atoms with van der Waals surface area (Å²) in [4.78, 5) is 29.9. The van der Waals surface area contributed by atoms with Crippen LogP contribution in [0.2, 0.25) is 0 Å². The van der Waals surface area contributed by atoms with Gasteiger partial charge >= 0.3 is 0 Å². The standard InChI is InChI=1S/C17H20N4O2S2/c1-5-7-21-15(23)12-6-8-24-14(12)19-16(21)25-9-13(22)20-17(4,10-18)11(2)3/h5-6,8,11H,1,7,9H2,2-4H3,(H,20,22). The van der Waals surface area contributed by atoms with Gasteiger partial charge in [-0.3, -0.25) is 14.2 Å². The Kier molecular flexibility index (Phi) is 6.03. The molecule has 0 spiro atoms. The van der Waals surface area contributed by atoms with Crippen LogP contribution in [0.25, 0.3) is 10.2 Å². The summed E-state index contributed by atoms with van der Waals surface area (Å²) in [7, 11) is 0. The molecule has 0 saturated heterocycles. The normalized spacial score (nSPS) is 13.4. The number of carbonyl (C=O) groups is 1. The predicted octanol–water partition coefficient (Wildman–Crippen LogP) is 2.79. The monoisotopic (exact) mass is 376 g/mol. The molecule has 2 aromatic heterocycles. The minimum absolute atomic E-state index is 0.0222. The lowest BCUT2D eigenvalue weighted by atomic mass is 9.90. The van der Waals surface area contributed by atoms with E-state index in [1.165, 1.54) is 27.7 Å². The maximum absolute atomic E-state index is 12.5. The number of fused-ring (bicyclic) bond motifs is 1. The summed E-state index contributed by atoms with van der Waals surface area (Å²) in [6, 6.07) is 3.89. The van der Waals surface area contributed by atoms with Gasteiger partial charge in [-0.25, -0.2) is 4.98 Å². The van der Waals surface area contributed by atoms with Crippen molar-refractivity contribution in [2.24, 2.45) is 5.92 Å². The molecule has 0 aromatic carbocycles. The van der Waals surface area contributed by atoms with E-state index in [2.05, 4.69) is 22.9 Å². The molecule has 1 N–H and O–H groups in total. The molecule has 2 rings (SSSR count). The molecule has 132 valence electrons. The molecule has 8 heteroatoms. The van der Waals surface area contributed by atoms with Crippen LogP contribution < -0.4 is 10.9 Å². The van der Waals surface area contributed by atoms with Gasteiger partial charge in [-0.1, -0.05) is 31.7 Å². The smallest absolute Gasteiger partial charge is 0.263 e. The number of thiophene rings is 1. The Balaban J connectivity index is 2.21. The van der Waals surface area contributed by atoms with Gasteiger partial charge in [0, 0.05) is 6.54 Å². The number of rotatable bonds is 7. The number of nitrogens with one attached hydrogen (secondary N) is 1. The van der Waals surface area contributed by atoms with Crippen molar-refractivity contribution >= 4 is 39.2 Å². The average Bonchev–Trinajstić information content (AvgIpc) is 3.04. The van der Waals surface area contributed by atoms with Crippen LogP contribution >= 0.6 is 23.1 Å². The molecule has 0 aliphatic carbocycles. The summed E-state index contributed by atoms with van der Waals surface area (Å²) in [5.41, 5.74) is -1.07. The predicted molar refractivity (Wildman–Crippen MR) is 102 cm³/mol. The van der Waals surface area contributed by atoms with Crippen molar-refractivity contribution in [2.75, 3.05) is 5.75 Å². The van der Waals surface area contributed by atoms with Gasteiger partial charge in [-0.15, -0.1) is 17.9 Å². The number of hydrogen-bond donors (Lipinski definition) is 1. The summed E-state index contributed by atoms with van der Waals surface area (Å²) >= 11 is 2.57. The Morgan fingerprint density at radius 2 is 2.36 bits per heavy atom. The summed E-state index contributed by atoms with van der Waals surface area (Å²) in [5.74, 6) is -0.218. The minimum atomic E-state index is -0.927. The van der Waals surface area contributed by atoms with Crippen LogP contribution in [0, 0.1) is 17.2 Å². The van der Waals surface area contributed by atoms with Crippen molar-refractivity contribution in [3.63, 3.8) is 0 Å². The number of hydrogen-bond acceptors (Lipinski definition) is 6. The van der Waals surface area contributed by atoms with Crippen molar-refractivity contribution in [3.8, 4) is 6.07 Å². The van der Waals surface area contributed by atoms with Gasteiger partial charge in [0.2, 0.25) is 5.91 Å². The minimum Gasteiger partial charge on any atom is -0.337 e. The van der Waals surface area contributed by atoms with E-state index in [0.29, 0.717) is 21.9 Å². The molecule has 2 heterocycles. The van der Waals surface area contributed by atoms with Gasteiger partial charge in [0.1, 0.15) is 10.4 Å². The molecule has 0 radical (unpaired) electrons. The van der Waals surface area contributed by atoms with E-state index >= 15 is 0 Å².